The Bertz CT molecular complexity index is 1150. The Labute approximate surface area is 212 Å². The molecule has 0 aliphatic rings. The van der Waals surface area contributed by atoms with Crippen molar-refractivity contribution in [2.24, 2.45) is 7.05 Å². The lowest BCUT2D eigenvalue weighted by molar-refractivity contribution is -0.170. The summed E-state index contributed by atoms with van der Waals surface area (Å²) in [5.41, 5.74) is -2.02. The molecule has 200 valence electrons. The number of carboxylic acids is 3. The van der Waals surface area contributed by atoms with Crippen LogP contribution in [-0.4, -0.2) is 74.5 Å². The highest BCUT2D eigenvalue weighted by Gasteiger charge is 2.40. The first-order chi connectivity index (χ1) is 17.5. The van der Waals surface area contributed by atoms with Crippen LogP contribution < -0.4 is 0 Å². The van der Waals surface area contributed by atoms with E-state index in [0.29, 0.717) is 18.7 Å². The third-order valence-corrected chi connectivity index (χ3v) is 5.37. The second-order valence-electron chi connectivity index (χ2n) is 8.39. The predicted octanol–water partition coefficient (Wildman–Crippen LogP) is 1.60. The monoisotopic (exact) mass is 519 g/mol. The molecule has 13 heteroatoms. The summed E-state index contributed by atoms with van der Waals surface area (Å²) < 4.78 is 18.1. The summed E-state index contributed by atoms with van der Waals surface area (Å²) in [5.74, 6) is -4.19. The predicted molar refractivity (Wildman–Crippen MR) is 128 cm³/mol. The molecule has 0 saturated heterocycles. The average molecular weight is 520 g/mol. The molecule has 3 aromatic rings. The van der Waals surface area contributed by atoms with Gasteiger partial charge in [-0.2, -0.15) is 0 Å². The van der Waals surface area contributed by atoms with E-state index in [4.69, 9.17) is 20.4 Å². The van der Waals surface area contributed by atoms with Crippen LogP contribution in [0.15, 0.2) is 55.4 Å². The summed E-state index contributed by atoms with van der Waals surface area (Å²) in [5, 5.41) is 33.8. The number of carbonyl (C=O) groups is 3. The first-order valence-electron chi connectivity index (χ1n) is 11.3. The van der Waals surface area contributed by atoms with E-state index in [1.54, 1.807) is 18.5 Å². The van der Waals surface area contributed by atoms with E-state index < -0.39 is 36.4 Å². The lowest BCUT2D eigenvalue weighted by atomic mass is 9.96. The highest BCUT2D eigenvalue weighted by molar-refractivity contribution is 5.88. The molecule has 0 bridgehead atoms. The normalized spacial score (nSPS) is 11.1. The number of hydrogen-bond acceptors (Lipinski definition) is 7. The standard InChI is InChI=1S/C18H22FN5.C6H8O7/c1-22-11-8-21-18(22)14-24(10-4-9-23-12-7-20-15-23)13-16-5-2-3-6-17(16)19;7-3(8)1-6(13,5(11)12)2-4(9)10/h2-3,5-8,11-12,15H,4,9-10,13-14H2,1H3;13H,1-2H2,(H,7,8)(H,9,10)(H,11,12). The van der Waals surface area contributed by atoms with Crippen LogP contribution in [0, 0.1) is 5.82 Å². The molecule has 37 heavy (non-hydrogen) atoms. The summed E-state index contributed by atoms with van der Waals surface area (Å²) in [7, 11) is 1.98. The quantitative estimate of drug-likeness (QED) is 0.260. The van der Waals surface area contributed by atoms with Crippen molar-refractivity contribution in [3.8, 4) is 0 Å². The van der Waals surface area contributed by atoms with E-state index in [0.717, 1.165) is 25.3 Å². The Morgan fingerprint density at radius 3 is 2.22 bits per heavy atom. The first-order valence-corrected chi connectivity index (χ1v) is 11.3. The molecule has 4 N–H and O–H groups in total. The van der Waals surface area contributed by atoms with Crippen molar-refractivity contribution >= 4 is 17.9 Å². The molecule has 0 aliphatic carbocycles. The summed E-state index contributed by atoms with van der Waals surface area (Å²) in [6.45, 7) is 3.03. The number of imidazole rings is 2. The van der Waals surface area contributed by atoms with Gasteiger partial charge >= 0.3 is 17.9 Å². The molecule has 2 heterocycles. The molecule has 0 aliphatic heterocycles. The number of benzene rings is 1. The Morgan fingerprint density at radius 1 is 1.03 bits per heavy atom. The number of aryl methyl sites for hydroxylation is 2. The Kier molecular flexibility index (Phi) is 10.9. The Morgan fingerprint density at radius 2 is 1.70 bits per heavy atom. The van der Waals surface area contributed by atoms with Crippen LogP contribution in [0.25, 0.3) is 0 Å². The van der Waals surface area contributed by atoms with Gasteiger partial charge in [-0.25, -0.2) is 19.2 Å². The van der Waals surface area contributed by atoms with Gasteiger partial charge in [0.1, 0.15) is 11.6 Å². The van der Waals surface area contributed by atoms with E-state index in [1.807, 2.05) is 42.5 Å². The van der Waals surface area contributed by atoms with Crippen molar-refractivity contribution < 1.29 is 39.2 Å². The molecule has 0 saturated carbocycles. The summed E-state index contributed by atoms with van der Waals surface area (Å²) in [6.07, 6.45) is 7.97. The second-order valence-corrected chi connectivity index (χ2v) is 8.39. The van der Waals surface area contributed by atoms with Gasteiger partial charge in [-0.3, -0.25) is 14.5 Å². The molecule has 3 rings (SSSR count). The molecule has 0 amide bonds. The largest absolute Gasteiger partial charge is 0.481 e. The van der Waals surface area contributed by atoms with Gasteiger partial charge in [0.25, 0.3) is 0 Å². The first kappa shape index (κ1) is 29.1. The van der Waals surface area contributed by atoms with Crippen LogP contribution in [0.3, 0.4) is 0 Å². The molecule has 0 spiro atoms. The fraction of sp³-hybridized carbons (Fsp3) is 0.375. The summed E-state index contributed by atoms with van der Waals surface area (Å²) in [4.78, 5) is 41.2. The number of nitrogens with zero attached hydrogens (tertiary/aromatic N) is 5. The minimum absolute atomic E-state index is 0.156. The van der Waals surface area contributed by atoms with Crippen molar-refractivity contribution in [3.05, 3.63) is 72.6 Å². The Balaban J connectivity index is 0.000000317. The zero-order chi connectivity index (χ0) is 27.4. The number of rotatable bonds is 13. The number of aliphatic hydroxyl groups is 1. The van der Waals surface area contributed by atoms with Gasteiger partial charge in [-0.15, -0.1) is 0 Å². The molecule has 0 unspecified atom stereocenters. The van der Waals surface area contributed by atoms with Crippen LogP contribution in [0.5, 0.6) is 0 Å². The molecular weight excluding hydrogens is 489 g/mol. The number of carboxylic acid groups (broad SMARTS) is 3. The van der Waals surface area contributed by atoms with Crippen molar-refractivity contribution in [2.45, 2.75) is 44.5 Å². The molecule has 0 fully saturated rings. The van der Waals surface area contributed by atoms with Gasteiger partial charge in [0.2, 0.25) is 0 Å². The van der Waals surface area contributed by atoms with Crippen LogP contribution in [0.4, 0.5) is 4.39 Å². The SMILES string of the molecule is Cn1ccnc1CN(CCCn1ccnc1)Cc1ccccc1F.O=C(O)CC(O)(CC(=O)O)C(=O)O. The Hall–Kier alpha value is -4.10. The van der Waals surface area contributed by atoms with Crippen LogP contribution in [0.1, 0.15) is 30.7 Å². The fourth-order valence-electron chi connectivity index (χ4n) is 3.44. The lowest BCUT2D eigenvalue weighted by Crippen LogP contribution is -2.42. The number of aliphatic carboxylic acids is 3. The highest BCUT2D eigenvalue weighted by atomic mass is 19.1. The molecule has 1 aromatic carbocycles. The van der Waals surface area contributed by atoms with Gasteiger partial charge in [-0.1, -0.05) is 18.2 Å². The van der Waals surface area contributed by atoms with E-state index in [9.17, 15) is 18.8 Å². The number of aromatic nitrogens is 4. The topological polar surface area (TPSA) is 171 Å². The zero-order valence-corrected chi connectivity index (χ0v) is 20.3. The average Bonchev–Trinajstić information content (AvgIpc) is 3.46. The van der Waals surface area contributed by atoms with E-state index in [2.05, 4.69) is 19.4 Å². The van der Waals surface area contributed by atoms with Gasteiger partial charge in [0.05, 0.1) is 25.7 Å². The van der Waals surface area contributed by atoms with Gasteiger partial charge in [-0.05, 0) is 12.5 Å². The minimum Gasteiger partial charge on any atom is -0.481 e. The second kappa shape index (κ2) is 13.8. The smallest absolute Gasteiger partial charge is 0.336 e. The molecule has 2 aromatic heterocycles. The fourth-order valence-corrected chi connectivity index (χ4v) is 3.44. The van der Waals surface area contributed by atoms with Crippen LogP contribution >= 0.6 is 0 Å². The maximum absolute atomic E-state index is 14.0. The summed E-state index contributed by atoms with van der Waals surface area (Å²) in [6, 6.07) is 6.96. The van der Waals surface area contributed by atoms with Crippen molar-refractivity contribution in [1.29, 1.82) is 0 Å². The van der Waals surface area contributed by atoms with Crippen molar-refractivity contribution in [1.82, 2.24) is 24.0 Å². The minimum atomic E-state index is -2.74. The maximum Gasteiger partial charge on any atom is 0.336 e. The zero-order valence-electron chi connectivity index (χ0n) is 20.3. The van der Waals surface area contributed by atoms with Crippen LogP contribution in [-0.2, 0) is 41.1 Å². The molecule has 12 nitrogen and oxygen atoms in total. The van der Waals surface area contributed by atoms with Crippen LogP contribution in [0.2, 0.25) is 0 Å². The summed E-state index contributed by atoms with van der Waals surface area (Å²) >= 11 is 0. The number of hydrogen-bond donors (Lipinski definition) is 4. The van der Waals surface area contributed by atoms with E-state index >= 15 is 0 Å². The maximum atomic E-state index is 14.0. The van der Waals surface area contributed by atoms with Gasteiger partial charge in [0.15, 0.2) is 5.60 Å². The van der Waals surface area contributed by atoms with Crippen molar-refractivity contribution in [2.75, 3.05) is 6.54 Å². The van der Waals surface area contributed by atoms with E-state index in [1.165, 1.54) is 6.07 Å². The van der Waals surface area contributed by atoms with E-state index in [-0.39, 0.29) is 5.82 Å². The van der Waals surface area contributed by atoms with Crippen molar-refractivity contribution in [3.63, 3.8) is 0 Å². The third kappa shape index (κ3) is 9.82. The molecule has 0 radical (unpaired) electrons. The lowest BCUT2D eigenvalue weighted by Gasteiger charge is -2.22. The third-order valence-electron chi connectivity index (χ3n) is 5.37. The molecule has 0 atom stereocenters. The van der Waals surface area contributed by atoms with Gasteiger partial charge in [0, 0.05) is 57.0 Å². The number of halogens is 1. The molecular formula is C24H30FN5O7. The van der Waals surface area contributed by atoms with Gasteiger partial charge < -0.3 is 29.6 Å². The highest BCUT2D eigenvalue weighted by Crippen LogP contribution is 2.16.